The molecule has 0 bridgehead atoms. The molecule has 5 nitrogen and oxygen atoms in total. The van der Waals surface area contributed by atoms with Crippen LogP contribution in [0.5, 0.6) is 0 Å². The summed E-state index contributed by atoms with van der Waals surface area (Å²) in [5.41, 5.74) is 0. The molecule has 0 radical (unpaired) electrons. The minimum Gasteiger partial charge on any atom is -0.383 e. The van der Waals surface area contributed by atoms with Gasteiger partial charge in [-0.2, -0.15) is 0 Å². The normalized spacial score (nSPS) is 17.0. The first-order valence-electron chi connectivity index (χ1n) is 9.56. The Labute approximate surface area is 156 Å². The Morgan fingerprint density at radius 2 is 2.00 bits per heavy atom. The summed E-state index contributed by atoms with van der Waals surface area (Å²) in [6.45, 7) is 11.2. The third-order valence-electron chi connectivity index (χ3n) is 4.68. The molecule has 1 aliphatic rings. The number of methoxy groups -OCH3 is 1. The molecule has 1 saturated heterocycles. The van der Waals surface area contributed by atoms with Crippen LogP contribution in [0.1, 0.15) is 36.4 Å². The molecule has 1 aromatic rings. The number of rotatable bonds is 9. The summed E-state index contributed by atoms with van der Waals surface area (Å²) >= 11 is 1.87. The van der Waals surface area contributed by atoms with Gasteiger partial charge in [0.1, 0.15) is 0 Å². The largest absolute Gasteiger partial charge is 0.383 e. The zero-order valence-electron chi connectivity index (χ0n) is 16.0. The van der Waals surface area contributed by atoms with E-state index >= 15 is 0 Å². The Hall–Kier alpha value is -1.11. The summed E-state index contributed by atoms with van der Waals surface area (Å²) in [6.07, 6.45) is 3.61. The number of nitrogens with zero attached hydrogens (tertiary/aromatic N) is 2. The van der Waals surface area contributed by atoms with Crippen molar-refractivity contribution in [3.63, 3.8) is 0 Å². The highest BCUT2D eigenvalue weighted by atomic mass is 32.1. The molecule has 2 rings (SSSR count). The minimum atomic E-state index is 0.732. The van der Waals surface area contributed by atoms with E-state index in [9.17, 15) is 0 Å². The first-order chi connectivity index (χ1) is 12.2. The van der Waals surface area contributed by atoms with Gasteiger partial charge in [-0.3, -0.25) is 0 Å². The Bertz CT molecular complexity index is 509. The second-order valence-corrected chi connectivity index (χ2v) is 7.83. The highest BCUT2D eigenvalue weighted by molar-refractivity contribution is 7.11. The number of aliphatic imine (C=N–C) groups is 1. The number of nitrogens with one attached hydrogen (secondary N) is 2. The number of hydrogen-bond donors (Lipinski definition) is 2. The zero-order valence-corrected chi connectivity index (χ0v) is 16.8. The van der Waals surface area contributed by atoms with Crippen molar-refractivity contribution in [1.82, 2.24) is 15.5 Å². The summed E-state index contributed by atoms with van der Waals surface area (Å²) in [7, 11) is 1.78. The van der Waals surface area contributed by atoms with Gasteiger partial charge in [0, 0.05) is 36.5 Å². The van der Waals surface area contributed by atoms with Gasteiger partial charge in [-0.1, -0.05) is 6.92 Å². The maximum Gasteiger partial charge on any atom is 0.191 e. The van der Waals surface area contributed by atoms with Gasteiger partial charge in [-0.05, 0) is 57.3 Å². The smallest absolute Gasteiger partial charge is 0.191 e. The number of piperidine rings is 1. The van der Waals surface area contributed by atoms with Crippen molar-refractivity contribution in [2.75, 3.05) is 46.4 Å². The average molecular weight is 367 g/mol. The van der Waals surface area contributed by atoms with Crippen molar-refractivity contribution >= 4 is 17.3 Å². The third kappa shape index (κ3) is 7.34. The average Bonchev–Trinajstić information content (AvgIpc) is 3.11. The lowest BCUT2D eigenvalue weighted by atomic mass is 9.97. The molecule has 6 heteroatoms. The molecule has 0 amide bonds. The van der Waals surface area contributed by atoms with E-state index in [1.54, 1.807) is 7.11 Å². The van der Waals surface area contributed by atoms with Crippen LogP contribution in [0.3, 0.4) is 0 Å². The van der Waals surface area contributed by atoms with Crippen LogP contribution in [0, 0.1) is 5.92 Å². The van der Waals surface area contributed by atoms with Crippen LogP contribution in [0.4, 0.5) is 0 Å². The van der Waals surface area contributed by atoms with Crippen molar-refractivity contribution < 1.29 is 4.74 Å². The molecule has 0 unspecified atom stereocenters. The Kier molecular flexibility index (Phi) is 9.29. The van der Waals surface area contributed by atoms with E-state index in [1.165, 1.54) is 35.7 Å². The van der Waals surface area contributed by atoms with Gasteiger partial charge in [-0.25, -0.2) is 4.99 Å². The molecule has 0 spiro atoms. The van der Waals surface area contributed by atoms with Crippen LogP contribution in [-0.2, 0) is 17.7 Å². The maximum absolute atomic E-state index is 5.17. The summed E-state index contributed by atoms with van der Waals surface area (Å²) < 4.78 is 5.17. The quantitative estimate of drug-likeness (QED) is 0.521. The lowest BCUT2D eigenvalue weighted by molar-refractivity contribution is 0.121. The van der Waals surface area contributed by atoms with Crippen LogP contribution >= 0.6 is 11.3 Å². The fourth-order valence-corrected chi connectivity index (χ4v) is 3.95. The molecule has 25 heavy (non-hydrogen) atoms. The van der Waals surface area contributed by atoms with Crippen molar-refractivity contribution in [1.29, 1.82) is 0 Å². The molecule has 0 aliphatic carbocycles. The second kappa shape index (κ2) is 11.5. The SMILES string of the molecule is CCNC(=NCc1ccc(CC)s1)NCC1CCN(CCOC)CC1. The van der Waals surface area contributed by atoms with Crippen molar-refractivity contribution in [2.45, 2.75) is 39.7 Å². The lowest BCUT2D eigenvalue weighted by Gasteiger charge is -2.32. The van der Waals surface area contributed by atoms with Crippen LogP contribution in [0.2, 0.25) is 0 Å². The Morgan fingerprint density at radius 1 is 1.24 bits per heavy atom. The van der Waals surface area contributed by atoms with E-state index in [0.29, 0.717) is 0 Å². The van der Waals surface area contributed by atoms with Crippen LogP contribution in [0.25, 0.3) is 0 Å². The van der Waals surface area contributed by atoms with Gasteiger partial charge >= 0.3 is 0 Å². The molecule has 2 N–H and O–H groups in total. The van der Waals surface area contributed by atoms with Gasteiger partial charge in [0.2, 0.25) is 0 Å². The van der Waals surface area contributed by atoms with E-state index in [-0.39, 0.29) is 0 Å². The molecule has 1 aromatic heterocycles. The molecule has 0 aromatic carbocycles. The van der Waals surface area contributed by atoms with Gasteiger partial charge < -0.3 is 20.3 Å². The Morgan fingerprint density at radius 3 is 2.64 bits per heavy atom. The van der Waals surface area contributed by atoms with E-state index in [4.69, 9.17) is 9.73 Å². The number of hydrogen-bond acceptors (Lipinski definition) is 4. The first kappa shape index (κ1) is 20.2. The molecule has 0 atom stereocenters. The van der Waals surface area contributed by atoms with Gasteiger partial charge in [0.15, 0.2) is 5.96 Å². The molecule has 1 fully saturated rings. The monoisotopic (exact) mass is 366 g/mol. The minimum absolute atomic E-state index is 0.732. The number of thiophene rings is 1. The van der Waals surface area contributed by atoms with E-state index in [2.05, 4.69) is 41.5 Å². The van der Waals surface area contributed by atoms with E-state index < -0.39 is 0 Å². The zero-order chi connectivity index (χ0) is 17.9. The van der Waals surface area contributed by atoms with Crippen molar-refractivity contribution in [3.8, 4) is 0 Å². The number of ether oxygens (including phenoxy) is 1. The molecular formula is C19H34N4OS. The van der Waals surface area contributed by atoms with Gasteiger partial charge in [0.25, 0.3) is 0 Å². The fraction of sp³-hybridized carbons (Fsp3) is 0.737. The lowest BCUT2D eigenvalue weighted by Crippen LogP contribution is -2.43. The third-order valence-corrected chi connectivity index (χ3v) is 5.89. The van der Waals surface area contributed by atoms with Gasteiger partial charge in [0.05, 0.1) is 13.2 Å². The van der Waals surface area contributed by atoms with Crippen LogP contribution < -0.4 is 10.6 Å². The van der Waals surface area contributed by atoms with Crippen molar-refractivity contribution in [3.05, 3.63) is 21.9 Å². The van der Waals surface area contributed by atoms with E-state index in [1.807, 2.05) is 11.3 Å². The second-order valence-electron chi connectivity index (χ2n) is 6.58. The first-order valence-corrected chi connectivity index (χ1v) is 10.4. The predicted molar refractivity (Wildman–Crippen MR) is 108 cm³/mol. The summed E-state index contributed by atoms with van der Waals surface area (Å²) in [5, 5.41) is 6.91. The predicted octanol–water partition coefficient (Wildman–Crippen LogP) is 2.72. The van der Waals surface area contributed by atoms with Gasteiger partial charge in [-0.15, -0.1) is 11.3 Å². The number of guanidine groups is 1. The fourth-order valence-electron chi connectivity index (χ4n) is 3.07. The highest BCUT2D eigenvalue weighted by Crippen LogP contribution is 2.18. The molecule has 0 saturated carbocycles. The summed E-state index contributed by atoms with van der Waals surface area (Å²) in [5.74, 6) is 1.67. The molecule has 142 valence electrons. The standard InChI is InChI=1S/C19H34N4OS/c1-4-17-6-7-18(25-17)15-22-19(20-5-2)21-14-16-8-10-23(11-9-16)12-13-24-3/h6-7,16H,4-5,8-15H2,1-3H3,(H2,20,21,22). The van der Waals surface area contributed by atoms with Crippen LogP contribution in [0.15, 0.2) is 17.1 Å². The maximum atomic E-state index is 5.17. The summed E-state index contributed by atoms with van der Waals surface area (Å²) in [6, 6.07) is 4.42. The molecule has 2 heterocycles. The van der Waals surface area contributed by atoms with Crippen LogP contribution in [-0.4, -0.2) is 57.3 Å². The van der Waals surface area contributed by atoms with Crippen molar-refractivity contribution in [2.24, 2.45) is 10.9 Å². The highest BCUT2D eigenvalue weighted by Gasteiger charge is 2.18. The number of aryl methyl sites for hydroxylation is 1. The molecular weight excluding hydrogens is 332 g/mol. The van der Waals surface area contributed by atoms with E-state index in [0.717, 1.165) is 51.1 Å². The number of likely N-dealkylation sites (tertiary alicyclic amines) is 1. The topological polar surface area (TPSA) is 48.9 Å². The molecule has 1 aliphatic heterocycles. The Balaban J connectivity index is 1.74. The summed E-state index contributed by atoms with van der Waals surface area (Å²) in [4.78, 5) is 10.0.